The number of rotatable bonds is 5. The summed E-state index contributed by atoms with van der Waals surface area (Å²) in [6.45, 7) is 2.07. The number of thiocarbonyl (C=S) groups is 1. The van der Waals surface area contributed by atoms with Crippen LogP contribution in [0, 0.1) is 0 Å². The molecule has 0 saturated carbocycles. The number of nitrogens with one attached hydrogen (secondary N) is 3. The number of benzene rings is 1. The molecule has 0 aliphatic rings. The summed E-state index contributed by atoms with van der Waals surface area (Å²) in [6.07, 6.45) is 3.29. The molecule has 0 atom stereocenters. The van der Waals surface area contributed by atoms with E-state index in [-0.39, 0.29) is 11.0 Å². The summed E-state index contributed by atoms with van der Waals surface area (Å²) < 4.78 is 0. The Morgan fingerprint density at radius 3 is 2.57 bits per heavy atom. The van der Waals surface area contributed by atoms with Crippen molar-refractivity contribution in [2.24, 2.45) is 0 Å². The minimum atomic E-state index is -0.432. The Hall–Kier alpha value is -1.66. The molecule has 0 saturated heterocycles. The number of unbranched alkanes of at least 4 members (excludes halogenated alkanes) is 2. The van der Waals surface area contributed by atoms with Crippen molar-refractivity contribution in [1.29, 1.82) is 0 Å². The highest BCUT2D eigenvalue weighted by Crippen LogP contribution is 2.14. The van der Waals surface area contributed by atoms with Crippen molar-refractivity contribution in [1.82, 2.24) is 16.2 Å². The molecule has 3 N–H and O–H groups in total. The fraction of sp³-hybridized carbons (Fsp3) is 0.357. The van der Waals surface area contributed by atoms with Crippen LogP contribution in [0.3, 0.4) is 0 Å². The van der Waals surface area contributed by atoms with Crippen molar-refractivity contribution in [3.05, 3.63) is 34.9 Å². The predicted octanol–water partition coefficient (Wildman–Crippen LogP) is 2.56. The molecule has 1 aromatic carbocycles. The van der Waals surface area contributed by atoms with E-state index in [2.05, 4.69) is 23.1 Å². The lowest BCUT2D eigenvalue weighted by Gasteiger charge is -2.11. The van der Waals surface area contributed by atoms with Gasteiger partial charge in [-0.2, -0.15) is 0 Å². The molecule has 0 aliphatic heterocycles. The molecule has 21 heavy (non-hydrogen) atoms. The summed E-state index contributed by atoms with van der Waals surface area (Å²) in [5.74, 6) is -0.601. The Bertz CT molecular complexity index is 523. The number of halogens is 1. The molecule has 0 radical (unpaired) electrons. The third kappa shape index (κ3) is 6.55. The standard InChI is InChI=1S/C14H18ClN3O2S/c1-2-3-4-9-12(19)17-18-14(21)16-13(20)10-7-5-6-8-11(10)15/h5-8H,2-4,9H2,1H3,(H,17,19)(H2,16,18,20,21). The molecular formula is C14H18ClN3O2S. The number of hydrogen-bond acceptors (Lipinski definition) is 3. The maximum Gasteiger partial charge on any atom is 0.258 e. The average molecular weight is 328 g/mol. The largest absolute Gasteiger partial charge is 0.298 e. The number of carbonyl (C=O) groups is 2. The molecule has 1 aromatic rings. The van der Waals surface area contributed by atoms with Gasteiger partial charge in [-0.25, -0.2) is 0 Å². The van der Waals surface area contributed by atoms with Gasteiger partial charge >= 0.3 is 0 Å². The second kappa shape index (κ2) is 9.31. The summed E-state index contributed by atoms with van der Waals surface area (Å²) in [4.78, 5) is 23.4. The van der Waals surface area contributed by atoms with Crippen LogP contribution in [-0.4, -0.2) is 16.9 Å². The Kier molecular flexibility index (Phi) is 7.71. The van der Waals surface area contributed by atoms with Gasteiger partial charge in [-0.05, 0) is 30.8 Å². The van der Waals surface area contributed by atoms with Gasteiger partial charge in [-0.3, -0.25) is 25.8 Å². The smallest absolute Gasteiger partial charge is 0.258 e. The molecule has 0 bridgehead atoms. The van der Waals surface area contributed by atoms with Gasteiger partial charge < -0.3 is 0 Å². The van der Waals surface area contributed by atoms with Crippen LogP contribution in [0.25, 0.3) is 0 Å². The molecule has 0 heterocycles. The van der Waals surface area contributed by atoms with Crippen molar-refractivity contribution in [3.63, 3.8) is 0 Å². The number of amides is 2. The lowest BCUT2D eigenvalue weighted by atomic mass is 10.2. The zero-order valence-corrected chi connectivity index (χ0v) is 13.3. The van der Waals surface area contributed by atoms with Crippen LogP contribution in [0.1, 0.15) is 43.0 Å². The van der Waals surface area contributed by atoms with Crippen molar-refractivity contribution in [2.75, 3.05) is 0 Å². The van der Waals surface area contributed by atoms with Crippen LogP contribution in [0.15, 0.2) is 24.3 Å². The zero-order valence-electron chi connectivity index (χ0n) is 11.7. The second-order valence-corrected chi connectivity index (χ2v) is 5.21. The Morgan fingerprint density at radius 1 is 1.19 bits per heavy atom. The molecule has 0 fully saturated rings. The van der Waals surface area contributed by atoms with Crippen LogP contribution in [0.4, 0.5) is 0 Å². The van der Waals surface area contributed by atoms with Crippen molar-refractivity contribution in [2.45, 2.75) is 32.6 Å². The fourth-order valence-corrected chi connectivity index (χ4v) is 1.94. The molecule has 7 heteroatoms. The molecule has 0 spiro atoms. The summed E-state index contributed by atoms with van der Waals surface area (Å²) in [5, 5.41) is 2.79. The first-order chi connectivity index (χ1) is 10.0. The highest BCUT2D eigenvalue weighted by Gasteiger charge is 2.11. The van der Waals surface area contributed by atoms with Gasteiger partial charge in [-0.1, -0.05) is 43.5 Å². The van der Waals surface area contributed by atoms with Gasteiger partial charge in [-0.15, -0.1) is 0 Å². The Labute approximate surface area is 134 Å². The van der Waals surface area contributed by atoms with Crippen molar-refractivity contribution in [3.8, 4) is 0 Å². The minimum absolute atomic E-state index is 0.0174. The van der Waals surface area contributed by atoms with Crippen LogP contribution < -0.4 is 16.2 Å². The molecule has 5 nitrogen and oxygen atoms in total. The molecule has 1 rings (SSSR count). The highest BCUT2D eigenvalue weighted by atomic mass is 35.5. The second-order valence-electron chi connectivity index (χ2n) is 4.39. The average Bonchev–Trinajstić information content (AvgIpc) is 2.46. The van der Waals surface area contributed by atoms with Gasteiger partial charge in [0.2, 0.25) is 5.91 Å². The minimum Gasteiger partial charge on any atom is -0.298 e. The van der Waals surface area contributed by atoms with E-state index in [9.17, 15) is 9.59 Å². The SMILES string of the molecule is CCCCCC(=O)NNC(=S)NC(=O)c1ccccc1Cl. The number of hydrazine groups is 1. The monoisotopic (exact) mass is 327 g/mol. The zero-order chi connectivity index (χ0) is 15.7. The van der Waals surface area contributed by atoms with Crippen LogP contribution in [-0.2, 0) is 4.79 Å². The summed E-state index contributed by atoms with van der Waals surface area (Å²) in [7, 11) is 0. The van der Waals surface area contributed by atoms with E-state index in [4.69, 9.17) is 23.8 Å². The predicted molar refractivity (Wildman–Crippen MR) is 86.9 cm³/mol. The highest BCUT2D eigenvalue weighted by molar-refractivity contribution is 7.80. The first-order valence-electron chi connectivity index (χ1n) is 6.69. The van der Waals surface area contributed by atoms with E-state index in [0.717, 1.165) is 19.3 Å². The van der Waals surface area contributed by atoms with E-state index >= 15 is 0 Å². The van der Waals surface area contributed by atoms with Gasteiger partial charge in [0.05, 0.1) is 10.6 Å². The van der Waals surface area contributed by atoms with Crippen molar-refractivity contribution >= 4 is 40.7 Å². The summed E-state index contributed by atoms with van der Waals surface area (Å²) >= 11 is 10.8. The first-order valence-corrected chi connectivity index (χ1v) is 7.48. The topological polar surface area (TPSA) is 70.2 Å². The number of hydrogen-bond donors (Lipinski definition) is 3. The van der Waals surface area contributed by atoms with Crippen molar-refractivity contribution < 1.29 is 9.59 Å². The quantitative estimate of drug-likeness (QED) is 0.441. The van der Waals surface area contributed by atoms with E-state index in [0.29, 0.717) is 17.0 Å². The van der Waals surface area contributed by atoms with Gasteiger partial charge in [0.1, 0.15) is 0 Å². The molecule has 2 amide bonds. The van der Waals surface area contributed by atoms with Gasteiger partial charge in [0, 0.05) is 6.42 Å². The molecule has 0 unspecified atom stereocenters. The molecule has 114 valence electrons. The third-order valence-corrected chi connectivity index (χ3v) is 3.20. The lowest BCUT2D eigenvalue weighted by Crippen LogP contribution is -2.48. The lowest BCUT2D eigenvalue weighted by molar-refractivity contribution is -0.121. The van der Waals surface area contributed by atoms with E-state index in [1.54, 1.807) is 24.3 Å². The molecule has 0 aliphatic carbocycles. The first kappa shape index (κ1) is 17.4. The van der Waals surface area contributed by atoms with Gasteiger partial charge in [0.15, 0.2) is 5.11 Å². The van der Waals surface area contributed by atoms with Gasteiger partial charge in [0.25, 0.3) is 5.91 Å². The summed E-state index contributed by atoms with van der Waals surface area (Å²) in [5.41, 5.74) is 5.24. The Balaban J connectivity index is 2.35. The number of carbonyl (C=O) groups excluding carboxylic acids is 2. The third-order valence-electron chi connectivity index (χ3n) is 2.67. The molecule has 0 aromatic heterocycles. The normalized spacial score (nSPS) is 9.81. The maximum atomic E-state index is 11.9. The van der Waals surface area contributed by atoms with Crippen LogP contribution >= 0.6 is 23.8 Å². The summed E-state index contributed by atoms with van der Waals surface area (Å²) in [6, 6.07) is 6.63. The molecular weight excluding hydrogens is 310 g/mol. The van der Waals surface area contributed by atoms with Crippen LogP contribution in [0.5, 0.6) is 0 Å². The van der Waals surface area contributed by atoms with E-state index < -0.39 is 5.91 Å². The van der Waals surface area contributed by atoms with E-state index in [1.165, 1.54) is 0 Å². The Morgan fingerprint density at radius 2 is 1.90 bits per heavy atom. The maximum absolute atomic E-state index is 11.9. The van der Waals surface area contributed by atoms with Crippen LogP contribution in [0.2, 0.25) is 5.02 Å². The fourth-order valence-electron chi connectivity index (χ4n) is 1.57. The van der Waals surface area contributed by atoms with E-state index in [1.807, 2.05) is 0 Å².